The summed E-state index contributed by atoms with van der Waals surface area (Å²) in [6.07, 6.45) is -0.411. The predicted molar refractivity (Wildman–Crippen MR) is 73.9 cm³/mol. The first kappa shape index (κ1) is 14.2. The van der Waals surface area contributed by atoms with Crippen LogP contribution in [-0.4, -0.2) is 24.4 Å². The van der Waals surface area contributed by atoms with Crippen LogP contribution in [0.4, 0.5) is 0 Å². The average Bonchev–Trinajstić information content (AvgIpc) is 2.38. The maximum Gasteiger partial charge on any atom is 0.169 e. The number of rotatable bonds is 6. The molecule has 0 aliphatic rings. The second kappa shape index (κ2) is 7.50. The number of alkyl halides is 1. The lowest BCUT2D eigenvalue weighted by molar-refractivity contribution is -0.101. The summed E-state index contributed by atoms with van der Waals surface area (Å²) in [4.78, 5) is 2.89. The van der Waals surface area contributed by atoms with E-state index in [1.54, 1.807) is 14.2 Å². The van der Waals surface area contributed by atoms with Gasteiger partial charge in [-0.2, -0.15) is 0 Å². The van der Waals surface area contributed by atoms with Gasteiger partial charge in [-0.1, -0.05) is 58.0 Å². The Bertz CT molecular complexity index is 378. The molecule has 0 saturated heterocycles. The summed E-state index contributed by atoms with van der Waals surface area (Å²) < 4.78 is 10.3. The fourth-order valence-corrected chi connectivity index (χ4v) is 2.67. The Balaban J connectivity index is 2.97. The van der Waals surface area contributed by atoms with Gasteiger partial charge in [-0.3, -0.25) is 0 Å². The molecule has 0 N–H and O–H groups in total. The molecule has 5 nitrogen and oxygen atoms in total. The summed E-state index contributed by atoms with van der Waals surface area (Å²) in [5.74, 6) is 0. The van der Waals surface area contributed by atoms with Crippen LogP contribution in [0.3, 0.4) is 0 Å². The van der Waals surface area contributed by atoms with E-state index in [1.807, 2.05) is 30.3 Å². The highest BCUT2D eigenvalue weighted by molar-refractivity contribution is 14.1. The van der Waals surface area contributed by atoms with Gasteiger partial charge in [0.15, 0.2) is 6.29 Å². The smallest absolute Gasteiger partial charge is 0.169 e. The molecule has 92 valence electrons. The van der Waals surface area contributed by atoms with Crippen molar-refractivity contribution in [3.05, 3.63) is 46.3 Å². The Morgan fingerprint density at radius 1 is 1.24 bits per heavy atom. The molecule has 0 saturated carbocycles. The molecule has 1 aromatic rings. The van der Waals surface area contributed by atoms with Gasteiger partial charge >= 0.3 is 0 Å². The molecule has 2 atom stereocenters. The first-order chi connectivity index (χ1) is 8.24. The Kier molecular flexibility index (Phi) is 6.28. The van der Waals surface area contributed by atoms with Gasteiger partial charge in [-0.05, 0) is 11.1 Å². The second-order valence-electron chi connectivity index (χ2n) is 3.34. The monoisotopic (exact) mass is 347 g/mol. The maximum absolute atomic E-state index is 8.65. The van der Waals surface area contributed by atoms with E-state index in [2.05, 4.69) is 32.6 Å². The van der Waals surface area contributed by atoms with Gasteiger partial charge < -0.3 is 9.47 Å². The SMILES string of the molecule is COC(OC)C(I)C(N=[N+]=[N-])c1ccccc1. The lowest BCUT2D eigenvalue weighted by Crippen LogP contribution is -2.29. The molecule has 0 fully saturated rings. The van der Waals surface area contributed by atoms with Crippen LogP contribution >= 0.6 is 22.6 Å². The zero-order valence-corrected chi connectivity index (χ0v) is 11.8. The van der Waals surface area contributed by atoms with Crippen LogP contribution in [0.15, 0.2) is 35.4 Å². The van der Waals surface area contributed by atoms with Gasteiger partial charge in [0.05, 0.1) is 9.97 Å². The molecule has 0 bridgehead atoms. The number of benzene rings is 1. The van der Waals surface area contributed by atoms with E-state index < -0.39 is 6.29 Å². The van der Waals surface area contributed by atoms with Crippen molar-refractivity contribution in [1.29, 1.82) is 0 Å². The van der Waals surface area contributed by atoms with Crippen LogP contribution in [0.1, 0.15) is 11.6 Å². The van der Waals surface area contributed by atoms with E-state index >= 15 is 0 Å². The molecule has 1 aromatic carbocycles. The summed E-state index contributed by atoms with van der Waals surface area (Å²) in [5, 5.41) is 3.82. The molecule has 0 heterocycles. The molecule has 0 amide bonds. The fraction of sp³-hybridized carbons (Fsp3) is 0.455. The summed E-state index contributed by atoms with van der Waals surface area (Å²) in [6.45, 7) is 0. The van der Waals surface area contributed by atoms with E-state index in [0.29, 0.717) is 0 Å². The quantitative estimate of drug-likeness (QED) is 0.198. The topological polar surface area (TPSA) is 67.2 Å². The molecular formula is C11H14IN3O2. The third-order valence-electron chi connectivity index (χ3n) is 2.34. The third-order valence-corrected chi connectivity index (χ3v) is 3.61. The van der Waals surface area contributed by atoms with E-state index in [9.17, 15) is 0 Å². The standard InChI is InChI=1S/C11H14IN3O2/c1-16-11(17-2)9(12)10(14-15-13)8-6-4-3-5-7-8/h3-7,9-11H,1-2H3. The van der Waals surface area contributed by atoms with E-state index in [1.165, 1.54) is 0 Å². The molecule has 0 aliphatic heterocycles. The number of nitrogens with zero attached hydrogens (tertiary/aromatic N) is 3. The van der Waals surface area contributed by atoms with Crippen LogP contribution in [0.5, 0.6) is 0 Å². The number of hydrogen-bond donors (Lipinski definition) is 0. The van der Waals surface area contributed by atoms with Crippen molar-refractivity contribution >= 4 is 22.6 Å². The Hall–Kier alpha value is -0.820. The van der Waals surface area contributed by atoms with Gasteiger partial charge in [0.25, 0.3) is 0 Å². The maximum atomic E-state index is 8.65. The third kappa shape index (κ3) is 3.85. The van der Waals surface area contributed by atoms with Crippen molar-refractivity contribution in [2.24, 2.45) is 5.11 Å². The summed E-state index contributed by atoms with van der Waals surface area (Å²) in [6, 6.07) is 9.27. The van der Waals surface area contributed by atoms with E-state index in [0.717, 1.165) is 5.56 Å². The Morgan fingerprint density at radius 2 is 1.82 bits per heavy atom. The van der Waals surface area contributed by atoms with Crippen LogP contribution < -0.4 is 0 Å². The van der Waals surface area contributed by atoms with E-state index in [4.69, 9.17) is 15.0 Å². The van der Waals surface area contributed by atoms with Crippen LogP contribution in [-0.2, 0) is 9.47 Å². The number of ether oxygens (including phenoxy) is 2. The molecule has 2 unspecified atom stereocenters. The van der Waals surface area contributed by atoms with Crippen LogP contribution in [0, 0.1) is 0 Å². The molecule has 1 rings (SSSR count). The zero-order chi connectivity index (χ0) is 12.7. The largest absolute Gasteiger partial charge is 0.355 e. The highest BCUT2D eigenvalue weighted by atomic mass is 127. The van der Waals surface area contributed by atoms with Crippen molar-refractivity contribution in [3.8, 4) is 0 Å². The lowest BCUT2D eigenvalue weighted by Gasteiger charge is -2.24. The highest BCUT2D eigenvalue weighted by Gasteiger charge is 2.27. The van der Waals surface area contributed by atoms with Crippen molar-refractivity contribution < 1.29 is 9.47 Å². The van der Waals surface area contributed by atoms with Crippen molar-refractivity contribution in [2.45, 2.75) is 16.3 Å². The second-order valence-corrected chi connectivity index (χ2v) is 4.78. The number of hydrogen-bond acceptors (Lipinski definition) is 3. The lowest BCUT2D eigenvalue weighted by atomic mass is 10.0. The van der Waals surface area contributed by atoms with Crippen molar-refractivity contribution in [2.75, 3.05) is 14.2 Å². The van der Waals surface area contributed by atoms with Gasteiger partial charge in [-0.15, -0.1) is 0 Å². The van der Waals surface area contributed by atoms with Gasteiger partial charge in [-0.25, -0.2) is 0 Å². The molecular weight excluding hydrogens is 333 g/mol. The van der Waals surface area contributed by atoms with Crippen molar-refractivity contribution in [3.63, 3.8) is 0 Å². The molecule has 0 spiro atoms. The molecule has 6 heteroatoms. The summed E-state index contributed by atoms with van der Waals surface area (Å²) in [7, 11) is 3.13. The van der Waals surface area contributed by atoms with Gasteiger partial charge in [0.2, 0.25) is 0 Å². The minimum Gasteiger partial charge on any atom is -0.355 e. The highest BCUT2D eigenvalue weighted by Crippen LogP contribution is 2.30. The summed E-state index contributed by atoms with van der Waals surface area (Å²) in [5.41, 5.74) is 9.60. The van der Waals surface area contributed by atoms with Crippen LogP contribution in [0.25, 0.3) is 10.4 Å². The minimum absolute atomic E-state index is 0.0964. The Labute approximate surface area is 114 Å². The molecule has 17 heavy (non-hydrogen) atoms. The zero-order valence-electron chi connectivity index (χ0n) is 9.65. The molecule has 0 radical (unpaired) electrons. The number of methoxy groups -OCH3 is 2. The molecule has 0 aliphatic carbocycles. The number of azide groups is 1. The Morgan fingerprint density at radius 3 is 2.29 bits per heavy atom. The first-order valence-corrected chi connectivity index (χ1v) is 6.28. The summed E-state index contributed by atoms with van der Waals surface area (Å²) >= 11 is 2.18. The molecule has 0 aromatic heterocycles. The van der Waals surface area contributed by atoms with Gasteiger partial charge in [0.1, 0.15) is 0 Å². The normalized spacial score (nSPS) is 14.1. The predicted octanol–water partition coefficient (Wildman–Crippen LogP) is 3.46. The van der Waals surface area contributed by atoms with Crippen molar-refractivity contribution in [1.82, 2.24) is 0 Å². The number of halogens is 1. The van der Waals surface area contributed by atoms with E-state index in [-0.39, 0.29) is 9.97 Å². The first-order valence-electron chi connectivity index (χ1n) is 5.03. The minimum atomic E-state index is -0.411. The fourth-order valence-electron chi connectivity index (χ4n) is 1.53. The average molecular weight is 347 g/mol. The van der Waals surface area contributed by atoms with Crippen LogP contribution in [0.2, 0.25) is 0 Å². The van der Waals surface area contributed by atoms with Gasteiger partial charge in [0, 0.05) is 19.1 Å².